The summed E-state index contributed by atoms with van der Waals surface area (Å²) in [5.41, 5.74) is 0.810. The van der Waals surface area contributed by atoms with E-state index in [2.05, 4.69) is 15.7 Å². The molecule has 3 amide bonds. The van der Waals surface area contributed by atoms with Crippen LogP contribution in [0.1, 0.15) is 78.9 Å². The van der Waals surface area contributed by atoms with Gasteiger partial charge in [-0.15, -0.1) is 0 Å². The van der Waals surface area contributed by atoms with Gasteiger partial charge in [-0.05, 0) is 50.8 Å². The van der Waals surface area contributed by atoms with Crippen molar-refractivity contribution in [1.29, 1.82) is 0 Å². The molecular weight excluding hydrogens is 454 g/mol. The van der Waals surface area contributed by atoms with Crippen molar-refractivity contribution >= 4 is 35.0 Å². The van der Waals surface area contributed by atoms with Gasteiger partial charge in [-0.25, -0.2) is 0 Å². The Morgan fingerprint density at radius 1 is 1.24 bits per heavy atom. The highest BCUT2D eigenvalue weighted by Crippen LogP contribution is 2.29. The topological polar surface area (TPSA) is 96.3 Å². The molecule has 0 spiro atoms. The van der Waals surface area contributed by atoms with E-state index in [1.165, 1.54) is 10.7 Å². The molecule has 0 radical (unpaired) electrons. The minimum Gasteiger partial charge on any atom is -0.351 e. The van der Waals surface area contributed by atoms with Gasteiger partial charge >= 0.3 is 0 Å². The van der Waals surface area contributed by atoms with Crippen LogP contribution in [0.2, 0.25) is 5.02 Å². The average molecular weight is 486 g/mol. The molecule has 2 aliphatic rings. The number of carbonyl (C=O) groups excluding carboxylic acids is 3. The summed E-state index contributed by atoms with van der Waals surface area (Å²) in [4.78, 5) is 41.4. The van der Waals surface area contributed by atoms with Crippen LogP contribution in [-0.4, -0.2) is 50.5 Å². The van der Waals surface area contributed by atoms with Crippen LogP contribution in [0.25, 0.3) is 0 Å². The van der Waals surface area contributed by atoms with Gasteiger partial charge in [0.05, 0.1) is 6.54 Å². The van der Waals surface area contributed by atoms with Gasteiger partial charge in [0.2, 0.25) is 5.91 Å². The number of benzene rings is 1. The molecular formula is C25H32ClN5O3. The Hall–Kier alpha value is -2.87. The maximum Gasteiger partial charge on any atom is 0.276 e. The number of carbonyl (C=O) groups is 3. The van der Waals surface area contributed by atoms with Crippen LogP contribution in [0.5, 0.6) is 0 Å². The van der Waals surface area contributed by atoms with Gasteiger partial charge in [-0.1, -0.05) is 43.9 Å². The number of anilines is 1. The molecule has 2 N–H and O–H groups in total. The van der Waals surface area contributed by atoms with Gasteiger partial charge in [0, 0.05) is 29.4 Å². The number of rotatable bonds is 7. The largest absolute Gasteiger partial charge is 0.351 e. The molecule has 0 bridgehead atoms. The Balaban J connectivity index is 1.59. The first-order valence-corrected chi connectivity index (χ1v) is 12.4. The highest BCUT2D eigenvalue weighted by atomic mass is 35.5. The van der Waals surface area contributed by atoms with Crippen molar-refractivity contribution in [3.63, 3.8) is 0 Å². The Labute approximate surface area is 205 Å². The number of nitrogens with one attached hydrogen (secondary N) is 2. The highest BCUT2D eigenvalue weighted by Gasteiger charge is 2.48. The fourth-order valence-electron chi connectivity index (χ4n) is 4.70. The third kappa shape index (κ3) is 4.69. The zero-order valence-electron chi connectivity index (χ0n) is 20.0. The summed E-state index contributed by atoms with van der Waals surface area (Å²) in [6, 6.07) is 6.90. The van der Waals surface area contributed by atoms with Crippen LogP contribution in [0.4, 0.5) is 5.69 Å². The van der Waals surface area contributed by atoms with E-state index in [9.17, 15) is 14.4 Å². The number of nitrogens with zero attached hydrogens (tertiary/aromatic N) is 3. The number of hydrogen-bond donors (Lipinski definition) is 2. The maximum atomic E-state index is 13.5. The zero-order valence-corrected chi connectivity index (χ0v) is 20.7. The molecule has 2 heterocycles. The van der Waals surface area contributed by atoms with Crippen LogP contribution in [-0.2, 0) is 11.3 Å². The number of amides is 3. The lowest BCUT2D eigenvalue weighted by molar-refractivity contribution is -0.133. The lowest BCUT2D eigenvalue weighted by atomic mass is 9.94. The van der Waals surface area contributed by atoms with Crippen LogP contribution >= 0.6 is 11.6 Å². The lowest BCUT2D eigenvalue weighted by Gasteiger charge is -2.43. The maximum absolute atomic E-state index is 13.5. The van der Waals surface area contributed by atoms with Crippen LogP contribution in [0.15, 0.2) is 24.3 Å². The summed E-state index contributed by atoms with van der Waals surface area (Å²) < 4.78 is 1.50. The summed E-state index contributed by atoms with van der Waals surface area (Å²) in [6.45, 7) is 6.39. The number of aryl methyl sites for hydroxylation is 1. The normalized spacial score (nSPS) is 20.4. The molecule has 8 nitrogen and oxygen atoms in total. The van der Waals surface area contributed by atoms with Gasteiger partial charge < -0.3 is 15.5 Å². The number of hydrogen-bond acceptors (Lipinski definition) is 4. The van der Waals surface area contributed by atoms with Gasteiger partial charge in [-0.2, -0.15) is 5.10 Å². The molecule has 2 aromatic rings. The van der Waals surface area contributed by atoms with Crippen LogP contribution in [0, 0.1) is 6.92 Å². The monoisotopic (exact) mass is 485 g/mol. The Bertz CT molecular complexity index is 1110. The number of halogens is 1. The predicted molar refractivity (Wildman–Crippen MR) is 131 cm³/mol. The molecule has 4 rings (SSSR count). The first-order chi connectivity index (χ1) is 16.2. The van der Waals surface area contributed by atoms with Crippen LogP contribution in [0.3, 0.4) is 0 Å². The summed E-state index contributed by atoms with van der Waals surface area (Å²) in [5, 5.41) is 10.9. The van der Waals surface area contributed by atoms with E-state index in [1.54, 1.807) is 24.0 Å². The van der Waals surface area contributed by atoms with E-state index >= 15 is 0 Å². The van der Waals surface area contributed by atoms with Crippen molar-refractivity contribution in [3.05, 3.63) is 46.2 Å². The summed E-state index contributed by atoms with van der Waals surface area (Å²) in [5.74, 6) is -0.883. The second kappa shape index (κ2) is 9.78. The summed E-state index contributed by atoms with van der Waals surface area (Å²) >= 11 is 6.17. The second-order valence-electron chi connectivity index (χ2n) is 9.53. The zero-order chi connectivity index (χ0) is 24.5. The average Bonchev–Trinajstić information content (AvgIpc) is 3.46. The van der Waals surface area contributed by atoms with Gasteiger partial charge in [0.25, 0.3) is 11.8 Å². The molecule has 1 saturated carbocycles. The van der Waals surface area contributed by atoms with Gasteiger partial charge in [-0.3, -0.25) is 19.1 Å². The molecule has 0 saturated heterocycles. The molecule has 34 heavy (non-hydrogen) atoms. The van der Waals surface area contributed by atoms with Gasteiger partial charge in [0.15, 0.2) is 5.69 Å². The van der Waals surface area contributed by atoms with E-state index in [0.29, 0.717) is 22.9 Å². The SMILES string of the molecule is CCCCN1C(=O)c2cc(C(=O)Nc3ccc(C)c(Cl)c3)nn2CC1(C)C(=O)NC1CCCC1. The van der Waals surface area contributed by atoms with Crippen molar-refractivity contribution in [2.75, 3.05) is 11.9 Å². The van der Waals surface area contributed by atoms with Gasteiger partial charge in [0.1, 0.15) is 11.2 Å². The molecule has 1 aromatic heterocycles. The highest BCUT2D eigenvalue weighted by molar-refractivity contribution is 6.31. The van der Waals surface area contributed by atoms with E-state index in [1.807, 2.05) is 19.9 Å². The third-order valence-corrected chi connectivity index (χ3v) is 7.28. The van der Waals surface area contributed by atoms with Crippen molar-refractivity contribution in [1.82, 2.24) is 20.0 Å². The molecule has 1 fully saturated rings. The fourth-order valence-corrected chi connectivity index (χ4v) is 4.88. The van der Waals surface area contributed by atoms with E-state index in [-0.39, 0.29) is 30.1 Å². The molecule has 182 valence electrons. The van der Waals surface area contributed by atoms with Crippen molar-refractivity contribution in [3.8, 4) is 0 Å². The standard InChI is InChI=1S/C25H32ClN5O3/c1-4-5-12-30-23(33)21-14-20(22(32)27-18-11-10-16(2)19(26)13-18)29-31(21)15-25(30,3)24(34)28-17-8-6-7-9-17/h10-11,13-14,17H,4-9,12,15H2,1-3H3,(H,27,32)(H,28,34). The fraction of sp³-hybridized carbons (Fsp3) is 0.520. The second-order valence-corrected chi connectivity index (χ2v) is 9.94. The number of fused-ring (bicyclic) bond motifs is 1. The first-order valence-electron chi connectivity index (χ1n) is 12.0. The smallest absolute Gasteiger partial charge is 0.276 e. The quantitative estimate of drug-likeness (QED) is 0.615. The minimum absolute atomic E-state index is 0.121. The first kappa shape index (κ1) is 24.3. The molecule has 1 aromatic carbocycles. The van der Waals surface area contributed by atoms with E-state index in [0.717, 1.165) is 44.1 Å². The number of unbranched alkanes of at least 4 members (excludes halogenated alkanes) is 1. The third-order valence-electron chi connectivity index (χ3n) is 6.87. The van der Waals surface area contributed by atoms with E-state index < -0.39 is 11.4 Å². The Kier molecular flexibility index (Phi) is 6.98. The molecule has 1 unspecified atom stereocenters. The molecule has 1 aliphatic carbocycles. The number of aromatic nitrogens is 2. The van der Waals surface area contributed by atoms with Crippen molar-refractivity contribution < 1.29 is 14.4 Å². The molecule has 9 heteroatoms. The summed E-state index contributed by atoms with van der Waals surface area (Å²) in [6.07, 6.45) is 5.82. The van der Waals surface area contributed by atoms with Crippen LogP contribution < -0.4 is 10.6 Å². The molecule has 1 aliphatic heterocycles. The Morgan fingerprint density at radius 3 is 2.65 bits per heavy atom. The van der Waals surface area contributed by atoms with E-state index in [4.69, 9.17) is 11.6 Å². The van der Waals surface area contributed by atoms with Crippen molar-refractivity contribution in [2.45, 2.75) is 77.4 Å². The lowest BCUT2D eigenvalue weighted by Crippen LogP contribution is -2.65. The predicted octanol–water partition coefficient (Wildman–Crippen LogP) is 4.17. The Morgan fingerprint density at radius 2 is 1.97 bits per heavy atom. The summed E-state index contributed by atoms with van der Waals surface area (Å²) in [7, 11) is 0. The minimum atomic E-state index is -1.08. The van der Waals surface area contributed by atoms with Crippen molar-refractivity contribution in [2.24, 2.45) is 0 Å². The molecule has 1 atom stereocenters.